The zero-order chi connectivity index (χ0) is 17.9. The Morgan fingerprint density at radius 3 is 2.81 bits per heavy atom. The van der Waals surface area contributed by atoms with Gasteiger partial charge in [0, 0.05) is 38.6 Å². The monoisotopic (exact) mass is 353 g/mol. The Kier molecular flexibility index (Phi) is 4.81. The average Bonchev–Trinajstić information content (AvgIpc) is 3.25. The molecule has 1 saturated heterocycles. The Bertz CT molecular complexity index is 845. The molecule has 1 aromatic carbocycles. The molecule has 3 heterocycles. The molecule has 7 heteroatoms. The number of nitrogens with zero attached hydrogens (tertiary/aromatic N) is 5. The van der Waals surface area contributed by atoms with Crippen LogP contribution in [0.25, 0.3) is 0 Å². The maximum atomic E-state index is 6.06. The van der Waals surface area contributed by atoms with Crippen LogP contribution in [0.15, 0.2) is 47.4 Å². The molecule has 3 aromatic rings. The predicted molar refractivity (Wildman–Crippen MR) is 95.3 cm³/mol. The summed E-state index contributed by atoms with van der Waals surface area (Å²) in [6, 6.07) is 10.5. The predicted octanol–water partition coefficient (Wildman–Crippen LogP) is 2.36. The van der Waals surface area contributed by atoms with Crippen LogP contribution in [0.3, 0.4) is 0 Å². The number of rotatable bonds is 5. The van der Waals surface area contributed by atoms with Crippen LogP contribution in [-0.4, -0.2) is 43.8 Å². The van der Waals surface area contributed by atoms with E-state index in [0.29, 0.717) is 18.1 Å². The third-order valence-corrected chi connectivity index (χ3v) is 4.60. The van der Waals surface area contributed by atoms with Crippen LogP contribution >= 0.6 is 0 Å². The van der Waals surface area contributed by atoms with Crippen molar-refractivity contribution in [1.29, 1.82) is 0 Å². The number of hydrogen-bond donors (Lipinski definition) is 0. The molecular formula is C19H23N5O2. The first-order valence-corrected chi connectivity index (χ1v) is 8.87. The van der Waals surface area contributed by atoms with Gasteiger partial charge in [0.1, 0.15) is 6.10 Å². The van der Waals surface area contributed by atoms with Crippen LogP contribution in [-0.2, 0) is 24.8 Å². The summed E-state index contributed by atoms with van der Waals surface area (Å²) in [6.07, 6.45) is 4.09. The van der Waals surface area contributed by atoms with Gasteiger partial charge in [0.15, 0.2) is 5.82 Å². The number of aromatic nitrogens is 4. The van der Waals surface area contributed by atoms with Gasteiger partial charge in [0.2, 0.25) is 0 Å². The van der Waals surface area contributed by atoms with Crippen LogP contribution in [0, 0.1) is 0 Å². The van der Waals surface area contributed by atoms with Crippen molar-refractivity contribution in [3.8, 4) is 0 Å². The lowest BCUT2D eigenvalue weighted by atomic mass is 10.1. The summed E-state index contributed by atoms with van der Waals surface area (Å²) >= 11 is 0. The molecule has 0 N–H and O–H groups in total. The van der Waals surface area contributed by atoms with E-state index in [9.17, 15) is 0 Å². The fourth-order valence-corrected chi connectivity index (χ4v) is 3.33. The summed E-state index contributed by atoms with van der Waals surface area (Å²) in [5.41, 5.74) is 2.34. The van der Waals surface area contributed by atoms with Crippen molar-refractivity contribution >= 4 is 0 Å². The number of hydrogen-bond acceptors (Lipinski definition) is 6. The molecule has 7 nitrogen and oxygen atoms in total. The molecule has 0 aliphatic carbocycles. The maximum Gasteiger partial charge on any atom is 0.257 e. The Morgan fingerprint density at radius 1 is 1.19 bits per heavy atom. The van der Waals surface area contributed by atoms with Crippen LogP contribution < -0.4 is 0 Å². The first-order chi connectivity index (χ1) is 12.7. The third-order valence-electron chi connectivity index (χ3n) is 4.60. The molecule has 0 bridgehead atoms. The highest BCUT2D eigenvalue weighted by atomic mass is 16.5. The van der Waals surface area contributed by atoms with Crippen molar-refractivity contribution in [2.24, 2.45) is 7.05 Å². The van der Waals surface area contributed by atoms with Crippen molar-refractivity contribution < 1.29 is 9.26 Å². The maximum absolute atomic E-state index is 6.06. The van der Waals surface area contributed by atoms with E-state index < -0.39 is 0 Å². The lowest BCUT2D eigenvalue weighted by molar-refractivity contribution is -0.0930. The van der Waals surface area contributed by atoms with E-state index in [-0.39, 0.29) is 12.2 Å². The molecule has 0 spiro atoms. The van der Waals surface area contributed by atoms with Gasteiger partial charge in [-0.3, -0.25) is 4.90 Å². The fourth-order valence-electron chi connectivity index (χ4n) is 3.33. The fraction of sp³-hybridized carbons (Fsp3) is 0.421. The molecule has 0 saturated carbocycles. The molecule has 136 valence electrons. The number of ether oxygens (including phenoxy) is 1. The van der Waals surface area contributed by atoms with Gasteiger partial charge in [-0.1, -0.05) is 35.5 Å². The highest BCUT2D eigenvalue weighted by molar-refractivity contribution is 5.14. The Morgan fingerprint density at radius 2 is 2.04 bits per heavy atom. The molecule has 26 heavy (non-hydrogen) atoms. The van der Waals surface area contributed by atoms with Gasteiger partial charge in [-0.25, -0.2) is 4.98 Å². The molecule has 4 rings (SSSR count). The third kappa shape index (κ3) is 3.84. The number of benzene rings is 1. The van der Waals surface area contributed by atoms with Gasteiger partial charge in [0.05, 0.1) is 18.9 Å². The summed E-state index contributed by atoms with van der Waals surface area (Å²) in [5, 5.41) is 4.12. The Hall–Kier alpha value is -2.51. The molecule has 1 fully saturated rings. The zero-order valence-electron chi connectivity index (χ0n) is 15.1. The molecule has 2 aromatic heterocycles. The van der Waals surface area contributed by atoms with E-state index in [4.69, 9.17) is 9.26 Å². The quantitative estimate of drug-likeness (QED) is 0.701. The van der Waals surface area contributed by atoms with Gasteiger partial charge in [-0.15, -0.1) is 0 Å². The summed E-state index contributed by atoms with van der Waals surface area (Å²) in [4.78, 5) is 11.0. The van der Waals surface area contributed by atoms with Crippen molar-refractivity contribution in [3.63, 3.8) is 0 Å². The second kappa shape index (κ2) is 7.39. The first-order valence-electron chi connectivity index (χ1n) is 8.87. The molecule has 2 atom stereocenters. The smallest absolute Gasteiger partial charge is 0.257 e. The number of imidazole rings is 1. The minimum absolute atomic E-state index is 0.116. The van der Waals surface area contributed by atoms with E-state index in [0.717, 1.165) is 25.3 Å². The van der Waals surface area contributed by atoms with Crippen LogP contribution in [0.2, 0.25) is 0 Å². The van der Waals surface area contributed by atoms with E-state index in [1.807, 2.05) is 23.9 Å². The SMILES string of the molecule is C[C@@H]1CN(Cc2ccccc2)C[C@H](c2nc(Cc3cncn3C)no2)O1. The van der Waals surface area contributed by atoms with Gasteiger partial charge in [0.25, 0.3) is 5.89 Å². The van der Waals surface area contributed by atoms with Crippen LogP contribution in [0.1, 0.15) is 36.0 Å². The van der Waals surface area contributed by atoms with Crippen molar-refractivity contribution in [2.75, 3.05) is 13.1 Å². The molecule has 0 amide bonds. The van der Waals surface area contributed by atoms with E-state index >= 15 is 0 Å². The molecular weight excluding hydrogens is 330 g/mol. The first kappa shape index (κ1) is 16.9. The topological polar surface area (TPSA) is 69.2 Å². The zero-order valence-corrected chi connectivity index (χ0v) is 15.1. The van der Waals surface area contributed by atoms with Gasteiger partial charge in [-0.2, -0.15) is 4.98 Å². The van der Waals surface area contributed by atoms with Crippen molar-refractivity contribution in [1.82, 2.24) is 24.6 Å². The van der Waals surface area contributed by atoms with E-state index in [1.165, 1.54) is 5.56 Å². The van der Waals surface area contributed by atoms with E-state index in [2.05, 4.69) is 51.2 Å². The number of aryl methyl sites for hydroxylation is 1. The second-order valence-electron chi connectivity index (χ2n) is 6.84. The minimum atomic E-state index is -0.199. The molecule has 1 aliphatic rings. The van der Waals surface area contributed by atoms with Gasteiger partial charge in [-0.05, 0) is 12.5 Å². The molecule has 0 unspecified atom stereocenters. The highest BCUT2D eigenvalue weighted by Crippen LogP contribution is 2.25. The minimum Gasteiger partial charge on any atom is -0.363 e. The summed E-state index contributed by atoms with van der Waals surface area (Å²) in [5.74, 6) is 1.20. The average molecular weight is 353 g/mol. The summed E-state index contributed by atoms with van der Waals surface area (Å²) in [7, 11) is 1.96. The summed E-state index contributed by atoms with van der Waals surface area (Å²) < 4.78 is 13.5. The normalized spacial score (nSPS) is 21.2. The van der Waals surface area contributed by atoms with Crippen LogP contribution in [0.5, 0.6) is 0 Å². The van der Waals surface area contributed by atoms with Crippen molar-refractivity contribution in [2.45, 2.75) is 32.1 Å². The lowest BCUT2D eigenvalue weighted by Crippen LogP contribution is -2.42. The summed E-state index contributed by atoms with van der Waals surface area (Å²) in [6.45, 7) is 4.60. The van der Waals surface area contributed by atoms with Gasteiger partial charge < -0.3 is 13.8 Å². The second-order valence-corrected chi connectivity index (χ2v) is 6.84. The molecule has 1 aliphatic heterocycles. The molecule has 0 radical (unpaired) electrons. The van der Waals surface area contributed by atoms with Crippen LogP contribution in [0.4, 0.5) is 0 Å². The Labute approximate surface area is 152 Å². The standard InChI is InChI=1S/C19H23N5O2/c1-14-10-24(11-15-6-4-3-5-7-15)12-17(25-14)19-21-18(22-26-19)8-16-9-20-13-23(16)2/h3-7,9,13-14,17H,8,10-12H2,1-2H3/t14-,17-/m1/s1. The lowest BCUT2D eigenvalue weighted by Gasteiger charge is -2.35. The van der Waals surface area contributed by atoms with E-state index in [1.54, 1.807) is 6.33 Å². The van der Waals surface area contributed by atoms with Gasteiger partial charge >= 0.3 is 0 Å². The Balaban J connectivity index is 1.44. The highest BCUT2D eigenvalue weighted by Gasteiger charge is 2.30. The largest absolute Gasteiger partial charge is 0.363 e. The van der Waals surface area contributed by atoms with Crippen molar-refractivity contribution in [3.05, 3.63) is 65.8 Å². The number of morpholine rings is 1.